The summed E-state index contributed by atoms with van der Waals surface area (Å²) >= 11 is 0. The van der Waals surface area contributed by atoms with E-state index in [9.17, 15) is 9.59 Å². The highest BCUT2D eigenvalue weighted by atomic mass is 16.5. The maximum Gasteiger partial charge on any atom is 0.271 e. The smallest absolute Gasteiger partial charge is 0.271 e. The molecule has 0 fully saturated rings. The lowest BCUT2D eigenvalue weighted by atomic mass is 10.1. The van der Waals surface area contributed by atoms with E-state index in [0.717, 1.165) is 11.1 Å². The van der Waals surface area contributed by atoms with Crippen LogP contribution >= 0.6 is 0 Å². The van der Waals surface area contributed by atoms with E-state index in [1.54, 1.807) is 49.7 Å². The van der Waals surface area contributed by atoms with Gasteiger partial charge in [-0.05, 0) is 42.0 Å². The minimum absolute atomic E-state index is 0.181. The van der Waals surface area contributed by atoms with Crippen LogP contribution in [0.15, 0.2) is 61.1 Å². The SMILES string of the molecule is COc1ccc(OC)c(CNC(=O)C2Cn3cccc3C(=O)N2Cc2cccnc2)c1. The Labute approximate surface area is 180 Å². The summed E-state index contributed by atoms with van der Waals surface area (Å²) in [5.74, 6) is 0.912. The maximum absolute atomic E-state index is 13.2. The molecular weight excluding hydrogens is 396 g/mol. The first-order valence-corrected chi connectivity index (χ1v) is 9.94. The van der Waals surface area contributed by atoms with E-state index in [4.69, 9.17) is 9.47 Å². The first kappa shape index (κ1) is 20.5. The van der Waals surface area contributed by atoms with Crippen LogP contribution in [0.25, 0.3) is 0 Å². The van der Waals surface area contributed by atoms with Gasteiger partial charge in [-0.2, -0.15) is 0 Å². The number of hydrogen-bond donors (Lipinski definition) is 1. The van der Waals surface area contributed by atoms with E-state index in [-0.39, 0.29) is 18.4 Å². The van der Waals surface area contributed by atoms with E-state index in [1.807, 2.05) is 35.0 Å². The number of ether oxygens (including phenoxy) is 2. The Hall–Kier alpha value is -3.81. The number of nitrogens with one attached hydrogen (secondary N) is 1. The summed E-state index contributed by atoms with van der Waals surface area (Å²) < 4.78 is 12.5. The first-order valence-electron chi connectivity index (χ1n) is 9.94. The van der Waals surface area contributed by atoms with Crippen molar-refractivity contribution in [3.8, 4) is 11.5 Å². The van der Waals surface area contributed by atoms with Gasteiger partial charge in [-0.25, -0.2) is 0 Å². The number of fused-ring (bicyclic) bond motifs is 1. The Morgan fingerprint density at radius 2 is 2.06 bits per heavy atom. The molecule has 1 aromatic carbocycles. The van der Waals surface area contributed by atoms with Gasteiger partial charge in [0.2, 0.25) is 5.91 Å². The van der Waals surface area contributed by atoms with Gasteiger partial charge >= 0.3 is 0 Å². The summed E-state index contributed by atoms with van der Waals surface area (Å²) in [6.45, 7) is 0.941. The molecule has 8 heteroatoms. The summed E-state index contributed by atoms with van der Waals surface area (Å²) in [6.07, 6.45) is 5.20. The van der Waals surface area contributed by atoms with Gasteiger partial charge in [-0.15, -0.1) is 0 Å². The summed E-state index contributed by atoms with van der Waals surface area (Å²) in [4.78, 5) is 32.0. The Bertz CT molecular complexity index is 1080. The van der Waals surface area contributed by atoms with Crippen molar-refractivity contribution in [1.29, 1.82) is 0 Å². The van der Waals surface area contributed by atoms with Crippen LogP contribution in [0.2, 0.25) is 0 Å². The Morgan fingerprint density at radius 1 is 1.19 bits per heavy atom. The summed E-state index contributed by atoms with van der Waals surface area (Å²) in [5.41, 5.74) is 2.23. The van der Waals surface area contributed by atoms with E-state index in [1.165, 1.54) is 0 Å². The predicted octanol–water partition coefficient (Wildman–Crippen LogP) is 2.24. The standard InChI is InChI=1S/C23H24N4O4/c1-30-18-7-8-21(31-2)17(11-18)13-25-22(28)20-15-26-10-4-6-19(26)23(29)27(20)14-16-5-3-9-24-12-16/h3-12,20H,13-15H2,1-2H3,(H,25,28). The summed E-state index contributed by atoms with van der Waals surface area (Å²) in [6, 6.07) is 12.1. The molecule has 0 bridgehead atoms. The lowest BCUT2D eigenvalue weighted by molar-refractivity contribution is -0.126. The molecule has 2 aromatic heterocycles. The zero-order chi connectivity index (χ0) is 21.8. The van der Waals surface area contributed by atoms with Crippen molar-refractivity contribution in [2.24, 2.45) is 0 Å². The molecule has 1 unspecified atom stereocenters. The number of methoxy groups -OCH3 is 2. The van der Waals surface area contributed by atoms with E-state index in [2.05, 4.69) is 10.3 Å². The average molecular weight is 420 g/mol. The summed E-state index contributed by atoms with van der Waals surface area (Å²) in [7, 11) is 3.17. The number of carbonyl (C=O) groups excluding carboxylic acids is 2. The van der Waals surface area contributed by atoms with Crippen molar-refractivity contribution in [1.82, 2.24) is 19.8 Å². The van der Waals surface area contributed by atoms with Crippen LogP contribution in [0.5, 0.6) is 11.5 Å². The average Bonchev–Trinajstić information content (AvgIpc) is 3.28. The van der Waals surface area contributed by atoms with Crippen LogP contribution in [0.1, 0.15) is 21.6 Å². The number of benzene rings is 1. The third kappa shape index (κ3) is 4.23. The zero-order valence-electron chi connectivity index (χ0n) is 17.4. The molecule has 1 aliphatic rings. The Morgan fingerprint density at radius 3 is 2.81 bits per heavy atom. The second kappa shape index (κ2) is 8.91. The minimum atomic E-state index is -0.649. The van der Waals surface area contributed by atoms with Crippen molar-refractivity contribution >= 4 is 11.8 Å². The number of carbonyl (C=O) groups is 2. The normalized spacial score (nSPS) is 15.4. The van der Waals surface area contributed by atoms with Crippen molar-refractivity contribution in [2.45, 2.75) is 25.7 Å². The highest BCUT2D eigenvalue weighted by molar-refractivity contribution is 5.97. The largest absolute Gasteiger partial charge is 0.497 e. The fourth-order valence-corrected chi connectivity index (χ4v) is 3.76. The molecule has 2 amide bonds. The van der Waals surface area contributed by atoms with Gasteiger partial charge in [0.15, 0.2) is 0 Å². The van der Waals surface area contributed by atoms with Crippen LogP contribution in [0, 0.1) is 0 Å². The minimum Gasteiger partial charge on any atom is -0.497 e. The molecule has 3 heterocycles. The molecular formula is C23H24N4O4. The molecule has 160 valence electrons. The highest BCUT2D eigenvalue weighted by Gasteiger charge is 2.36. The highest BCUT2D eigenvalue weighted by Crippen LogP contribution is 2.25. The Kier molecular flexibility index (Phi) is 5.88. The summed E-state index contributed by atoms with van der Waals surface area (Å²) in [5, 5.41) is 2.96. The maximum atomic E-state index is 13.2. The van der Waals surface area contributed by atoms with Gasteiger partial charge in [0.05, 0.1) is 20.8 Å². The van der Waals surface area contributed by atoms with E-state index < -0.39 is 6.04 Å². The number of hydrogen-bond acceptors (Lipinski definition) is 5. The van der Waals surface area contributed by atoms with Crippen LogP contribution in [0.3, 0.4) is 0 Å². The number of nitrogens with zero attached hydrogens (tertiary/aromatic N) is 3. The lowest BCUT2D eigenvalue weighted by Gasteiger charge is -2.35. The molecule has 0 saturated heterocycles. The molecule has 0 spiro atoms. The quantitative estimate of drug-likeness (QED) is 0.634. The third-order valence-electron chi connectivity index (χ3n) is 5.37. The van der Waals surface area contributed by atoms with Crippen LogP contribution in [-0.2, 0) is 24.4 Å². The van der Waals surface area contributed by atoms with Gasteiger partial charge < -0.3 is 24.3 Å². The van der Waals surface area contributed by atoms with Crippen LogP contribution in [-0.4, -0.2) is 46.5 Å². The molecule has 1 N–H and O–H groups in total. The fourth-order valence-electron chi connectivity index (χ4n) is 3.76. The molecule has 0 saturated carbocycles. The molecule has 1 atom stereocenters. The van der Waals surface area contributed by atoms with Crippen molar-refractivity contribution in [3.63, 3.8) is 0 Å². The van der Waals surface area contributed by atoms with Gasteiger partial charge in [-0.1, -0.05) is 6.07 Å². The van der Waals surface area contributed by atoms with Gasteiger partial charge in [0.1, 0.15) is 23.2 Å². The lowest BCUT2D eigenvalue weighted by Crippen LogP contribution is -2.54. The van der Waals surface area contributed by atoms with Gasteiger partial charge in [0.25, 0.3) is 5.91 Å². The van der Waals surface area contributed by atoms with Crippen molar-refractivity contribution in [3.05, 3.63) is 77.9 Å². The first-order chi connectivity index (χ1) is 15.1. The monoisotopic (exact) mass is 420 g/mol. The second-order valence-electron chi connectivity index (χ2n) is 7.25. The topological polar surface area (TPSA) is 85.7 Å². The molecule has 1 aliphatic heterocycles. The van der Waals surface area contributed by atoms with Crippen LogP contribution in [0.4, 0.5) is 0 Å². The second-order valence-corrected chi connectivity index (χ2v) is 7.25. The van der Waals surface area contributed by atoms with Crippen molar-refractivity contribution < 1.29 is 19.1 Å². The fraction of sp³-hybridized carbons (Fsp3) is 0.261. The van der Waals surface area contributed by atoms with Gasteiger partial charge in [-0.3, -0.25) is 14.6 Å². The Balaban J connectivity index is 1.55. The number of pyridine rings is 1. The number of rotatable bonds is 7. The molecule has 0 radical (unpaired) electrons. The van der Waals surface area contributed by atoms with Gasteiger partial charge in [0, 0.05) is 37.2 Å². The van der Waals surface area contributed by atoms with E-state index in [0.29, 0.717) is 30.3 Å². The van der Waals surface area contributed by atoms with Crippen molar-refractivity contribution in [2.75, 3.05) is 14.2 Å². The zero-order valence-corrected chi connectivity index (χ0v) is 17.4. The molecule has 0 aliphatic carbocycles. The molecule has 4 rings (SSSR count). The molecule has 8 nitrogen and oxygen atoms in total. The van der Waals surface area contributed by atoms with E-state index >= 15 is 0 Å². The molecule has 3 aromatic rings. The third-order valence-corrected chi connectivity index (χ3v) is 5.37. The predicted molar refractivity (Wildman–Crippen MR) is 114 cm³/mol. The molecule has 31 heavy (non-hydrogen) atoms. The van der Waals surface area contributed by atoms with Crippen LogP contribution < -0.4 is 14.8 Å². The number of aromatic nitrogens is 2. The number of amides is 2.